The molecule has 0 aromatic heterocycles. The zero-order valence-corrected chi connectivity index (χ0v) is 17.8. The highest BCUT2D eigenvalue weighted by molar-refractivity contribution is 7.89. The SMILES string of the molecule is Cc1cc(C)c(C)c(S(=O)(=O)N[C@@H](C)C(=O)OCC(=O)c2ccc(F)cc2)c1C. The minimum absolute atomic E-state index is 0.136. The van der Waals surface area contributed by atoms with Crippen molar-refractivity contribution in [3.8, 4) is 0 Å². The number of hydrogen-bond acceptors (Lipinski definition) is 5. The average Bonchev–Trinajstić information content (AvgIpc) is 2.64. The Hall–Kier alpha value is -2.58. The van der Waals surface area contributed by atoms with Crippen molar-refractivity contribution in [1.82, 2.24) is 4.72 Å². The number of rotatable bonds is 7. The molecule has 0 saturated carbocycles. The first-order valence-corrected chi connectivity index (χ1v) is 10.5. The largest absolute Gasteiger partial charge is 0.456 e. The van der Waals surface area contributed by atoms with Crippen molar-refractivity contribution < 1.29 is 27.1 Å². The van der Waals surface area contributed by atoms with Crippen LogP contribution in [0.3, 0.4) is 0 Å². The van der Waals surface area contributed by atoms with E-state index in [1.165, 1.54) is 19.1 Å². The molecular formula is C21H24FNO5S. The number of hydrogen-bond donors (Lipinski definition) is 1. The number of carbonyl (C=O) groups excluding carboxylic acids is 2. The van der Waals surface area contributed by atoms with Crippen LogP contribution in [0.15, 0.2) is 35.2 Å². The van der Waals surface area contributed by atoms with Crippen molar-refractivity contribution in [2.24, 2.45) is 0 Å². The molecule has 6 nitrogen and oxygen atoms in total. The molecule has 0 unspecified atom stereocenters. The molecule has 0 aliphatic heterocycles. The van der Waals surface area contributed by atoms with Crippen molar-refractivity contribution in [1.29, 1.82) is 0 Å². The Morgan fingerprint density at radius 3 is 2.07 bits per heavy atom. The smallest absolute Gasteiger partial charge is 0.324 e. The highest BCUT2D eigenvalue weighted by Gasteiger charge is 2.27. The van der Waals surface area contributed by atoms with Crippen LogP contribution in [0.5, 0.6) is 0 Å². The van der Waals surface area contributed by atoms with Crippen LogP contribution in [0.25, 0.3) is 0 Å². The van der Waals surface area contributed by atoms with Crippen molar-refractivity contribution in [3.05, 3.63) is 64.0 Å². The molecule has 156 valence electrons. The molecule has 0 amide bonds. The Labute approximate surface area is 170 Å². The highest BCUT2D eigenvalue weighted by Crippen LogP contribution is 2.26. The fourth-order valence-corrected chi connectivity index (χ4v) is 4.71. The normalized spacial score (nSPS) is 12.5. The van der Waals surface area contributed by atoms with Crippen LogP contribution in [0.4, 0.5) is 4.39 Å². The van der Waals surface area contributed by atoms with E-state index in [-0.39, 0.29) is 10.5 Å². The zero-order chi connectivity index (χ0) is 21.9. The fraction of sp³-hybridized carbons (Fsp3) is 0.333. The lowest BCUT2D eigenvalue weighted by Gasteiger charge is -2.18. The van der Waals surface area contributed by atoms with Crippen LogP contribution in [0.1, 0.15) is 39.5 Å². The van der Waals surface area contributed by atoms with Gasteiger partial charge in [0, 0.05) is 5.56 Å². The molecule has 0 heterocycles. The summed E-state index contributed by atoms with van der Waals surface area (Å²) in [5.74, 6) is -1.89. The lowest BCUT2D eigenvalue weighted by Crippen LogP contribution is -2.40. The Morgan fingerprint density at radius 1 is 1.03 bits per heavy atom. The second kappa shape index (κ2) is 8.84. The predicted molar refractivity (Wildman–Crippen MR) is 107 cm³/mol. The maximum Gasteiger partial charge on any atom is 0.324 e. The molecule has 2 aromatic carbocycles. The summed E-state index contributed by atoms with van der Waals surface area (Å²) in [5, 5.41) is 0. The number of benzene rings is 2. The molecular weight excluding hydrogens is 397 g/mol. The molecule has 0 aliphatic rings. The predicted octanol–water partition coefficient (Wildman–Crippen LogP) is 3.15. The van der Waals surface area contributed by atoms with Crippen molar-refractivity contribution >= 4 is 21.8 Å². The van der Waals surface area contributed by atoms with Gasteiger partial charge in [0.15, 0.2) is 12.4 Å². The third-order valence-corrected chi connectivity index (χ3v) is 6.58. The molecule has 2 aromatic rings. The number of esters is 1. The Morgan fingerprint density at radius 2 is 1.55 bits per heavy atom. The molecule has 29 heavy (non-hydrogen) atoms. The maximum atomic E-state index is 12.9. The van der Waals surface area contributed by atoms with E-state index in [2.05, 4.69) is 4.72 Å². The molecule has 0 aliphatic carbocycles. The first-order valence-electron chi connectivity index (χ1n) is 8.99. The first kappa shape index (κ1) is 22.7. The first-order chi connectivity index (χ1) is 13.4. The zero-order valence-electron chi connectivity index (χ0n) is 17.0. The van der Waals surface area contributed by atoms with Crippen LogP contribution in [-0.2, 0) is 19.6 Å². The molecule has 2 rings (SSSR count). The summed E-state index contributed by atoms with van der Waals surface area (Å²) in [4.78, 5) is 24.3. The van der Waals surface area contributed by atoms with E-state index in [0.29, 0.717) is 11.1 Å². The van der Waals surface area contributed by atoms with Crippen LogP contribution in [0.2, 0.25) is 0 Å². The molecule has 1 atom stereocenters. The summed E-state index contributed by atoms with van der Waals surface area (Å²) < 4.78 is 45.9. The van der Waals surface area contributed by atoms with E-state index in [4.69, 9.17) is 4.74 Å². The number of halogens is 1. The van der Waals surface area contributed by atoms with Crippen LogP contribution in [0, 0.1) is 33.5 Å². The molecule has 1 N–H and O–H groups in total. The second-order valence-corrected chi connectivity index (χ2v) is 8.62. The standard InChI is InChI=1S/C21H24FNO5S/c1-12-10-13(2)15(4)20(14(12)3)29(26,27)23-16(5)21(25)28-11-19(24)17-6-8-18(22)9-7-17/h6-10,16,23H,11H2,1-5H3/t16-/m0/s1. The molecule has 0 fully saturated rings. The van der Waals surface area contributed by atoms with E-state index in [1.807, 2.05) is 19.9 Å². The van der Waals surface area contributed by atoms with Gasteiger partial charge in [-0.05, 0) is 81.1 Å². The molecule has 0 radical (unpaired) electrons. The summed E-state index contributed by atoms with van der Waals surface area (Å²) >= 11 is 0. The molecule has 8 heteroatoms. The number of ketones is 1. The van der Waals surface area contributed by atoms with Gasteiger partial charge in [0.1, 0.15) is 11.9 Å². The van der Waals surface area contributed by atoms with E-state index in [9.17, 15) is 22.4 Å². The number of carbonyl (C=O) groups is 2. The van der Waals surface area contributed by atoms with E-state index >= 15 is 0 Å². The third-order valence-electron chi connectivity index (χ3n) is 4.76. The van der Waals surface area contributed by atoms with Gasteiger partial charge in [-0.2, -0.15) is 4.72 Å². The van der Waals surface area contributed by atoms with Gasteiger partial charge in [0.2, 0.25) is 10.0 Å². The van der Waals surface area contributed by atoms with Gasteiger partial charge < -0.3 is 4.74 Å². The molecule has 0 spiro atoms. The van der Waals surface area contributed by atoms with Gasteiger partial charge in [-0.1, -0.05) is 6.07 Å². The monoisotopic (exact) mass is 421 g/mol. The number of ether oxygens (including phenoxy) is 1. The molecule has 0 saturated heterocycles. The van der Waals surface area contributed by atoms with E-state index < -0.39 is 40.2 Å². The topological polar surface area (TPSA) is 89.5 Å². The van der Waals surface area contributed by atoms with Crippen LogP contribution >= 0.6 is 0 Å². The maximum absolute atomic E-state index is 12.9. The minimum atomic E-state index is -3.98. The van der Waals surface area contributed by atoms with Crippen molar-refractivity contribution in [2.75, 3.05) is 6.61 Å². The van der Waals surface area contributed by atoms with Gasteiger partial charge >= 0.3 is 5.97 Å². The van der Waals surface area contributed by atoms with Gasteiger partial charge in [0.25, 0.3) is 0 Å². The summed E-state index contributed by atoms with van der Waals surface area (Å²) in [6.45, 7) is 7.83. The summed E-state index contributed by atoms with van der Waals surface area (Å²) in [7, 11) is -3.98. The highest BCUT2D eigenvalue weighted by atomic mass is 32.2. The summed E-state index contributed by atoms with van der Waals surface area (Å²) in [6, 6.07) is 5.52. The van der Waals surface area contributed by atoms with Crippen LogP contribution < -0.4 is 4.72 Å². The Kier molecular flexibility index (Phi) is 6.92. The van der Waals surface area contributed by atoms with Gasteiger partial charge in [-0.3, -0.25) is 9.59 Å². The number of Topliss-reactive ketones (excluding diaryl/α,β-unsaturated/α-hetero) is 1. The summed E-state index contributed by atoms with van der Waals surface area (Å²) in [5.41, 5.74) is 3.05. The third kappa shape index (κ3) is 5.27. The van der Waals surface area contributed by atoms with Gasteiger partial charge in [-0.15, -0.1) is 0 Å². The number of nitrogens with one attached hydrogen (secondary N) is 1. The fourth-order valence-electron chi connectivity index (χ4n) is 2.90. The Balaban J connectivity index is 2.09. The van der Waals surface area contributed by atoms with Gasteiger partial charge in [-0.25, -0.2) is 12.8 Å². The average molecular weight is 421 g/mol. The second-order valence-electron chi connectivity index (χ2n) is 6.97. The van der Waals surface area contributed by atoms with E-state index in [0.717, 1.165) is 23.3 Å². The minimum Gasteiger partial charge on any atom is -0.456 e. The van der Waals surface area contributed by atoms with Gasteiger partial charge in [0.05, 0.1) is 4.90 Å². The van der Waals surface area contributed by atoms with E-state index in [1.54, 1.807) is 13.8 Å². The number of aryl methyl sites for hydroxylation is 2. The molecule has 0 bridgehead atoms. The quantitative estimate of drug-likeness (QED) is 0.548. The summed E-state index contributed by atoms with van der Waals surface area (Å²) in [6.07, 6.45) is 0. The van der Waals surface area contributed by atoms with Crippen LogP contribution in [-0.4, -0.2) is 32.8 Å². The van der Waals surface area contributed by atoms with Crippen molar-refractivity contribution in [3.63, 3.8) is 0 Å². The van der Waals surface area contributed by atoms with Crippen molar-refractivity contribution in [2.45, 2.75) is 45.6 Å². The Bertz CT molecular complexity index is 1020. The lowest BCUT2D eigenvalue weighted by atomic mass is 10.0. The number of sulfonamides is 1. The lowest BCUT2D eigenvalue weighted by molar-refractivity contribution is -0.144.